The van der Waals surface area contributed by atoms with Crippen molar-refractivity contribution in [3.63, 3.8) is 0 Å². The van der Waals surface area contributed by atoms with E-state index in [4.69, 9.17) is 4.42 Å². The minimum Gasteiger partial charge on any atom is -0.464 e. The molecule has 0 spiro atoms. The van der Waals surface area contributed by atoms with Crippen LogP contribution in [0.15, 0.2) is 28.9 Å². The van der Waals surface area contributed by atoms with Crippen LogP contribution in [0.2, 0.25) is 0 Å². The largest absolute Gasteiger partial charge is 0.464 e. The Balaban J connectivity index is 2.71. The second kappa shape index (κ2) is 3.76. The van der Waals surface area contributed by atoms with Crippen LogP contribution in [0.5, 0.6) is 0 Å². The van der Waals surface area contributed by atoms with Gasteiger partial charge in [-0.3, -0.25) is 0 Å². The van der Waals surface area contributed by atoms with Crippen molar-refractivity contribution in [2.75, 3.05) is 0 Å². The number of hydrogen-bond donors (Lipinski definition) is 0. The molecule has 0 radical (unpaired) electrons. The van der Waals surface area contributed by atoms with Crippen molar-refractivity contribution in [2.45, 2.75) is 32.5 Å². The number of benzene rings is 1. The van der Waals surface area contributed by atoms with Gasteiger partial charge in [-0.05, 0) is 28.9 Å². The molecule has 0 aliphatic heterocycles. The molecule has 2 rings (SSSR count). The van der Waals surface area contributed by atoms with E-state index in [1.807, 2.05) is 0 Å². The maximum Gasteiger partial charge on any atom is 0.137 e. The van der Waals surface area contributed by atoms with E-state index >= 15 is 0 Å². The molecule has 0 bridgehead atoms. The lowest BCUT2D eigenvalue weighted by Crippen LogP contribution is -1.95. The Kier molecular flexibility index (Phi) is 2.60. The lowest BCUT2D eigenvalue weighted by Gasteiger charge is -2.11. The SMILES string of the molecule is BC(C)c1ccc(C(C)C)c2occc12. The Hall–Kier alpha value is -1.18. The van der Waals surface area contributed by atoms with Crippen LogP contribution in [0.1, 0.15) is 43.6 Å². The first-order valence-electron chi connectivity index (χ1n) is 5.61. The topological polar surface area (TPSA) is 13.1 Å². The van der Waals surface area contributed by atoms with Crippen LogP contribution < -0.4 is 0 Å². The summed E-state index contributed by atoms with van der Waals surface area (Å²) in [6, 6.07) is 6.51. The summed E-state index contributed by atoms with van der Waals surface area (Å²) in [5.41, 5.74) is 3.75. The predicted molar refractivity (Wildman–Crippen MR) is 67.3 cm³/mol. The molecule has 1 aromatic carbocycles. The molecule has 1 atom stereocenters. The highest BCUT2D eigenvalue weighted by Crippen LogP contribution is 2.31. The molecule has 2 heteroatoms. The van der Waals surface area contributed by atoms with Crippen molar-refractivity contribution in [3.8, 4) is 0 Å². The Morgan fingerprint density at radius 2 is 1.73 bits per heavy atom. The fourth-order valence-corrected chi connectivity index (χ4v) is 2.06. The van der Waals surface area contributed by atoms with Gasteiger partial charge in [-0.2, -0.15) is 0 Å². The standard InChI is InChI=1S/C13H17BO/c1-8(2)10-4-5-11(9(3)14)12-6-7-15-13(10)12/h4-9H,14H2,1-3H3. The third-order valence-electron chi connectivity index (χ3n) is 2.92. The van der Waals surface area contributed by atoms with Gasteiger partial charge in [-0.15, -0.1) is 0 Å². The molecule has 0 saturated carbocycles. The van der Waals surface area contributed by atoms with Gasteiger partial charge in [0.2, 0.25) is 0 Å². The highest BCUT2D eigenvalue weighted by Gasteiger charge is 2.12. The molecule has 1 unspecified atom stereocenters. The third-order valence-corrected chi connectivity index (χ3v) is 2.92. The average Bonchev–Trinajstić information content (AvgIpc) is 2.63. The summed E-state index contributed by atoms with van der Waals surface area (Å²) < 4.78 is 5.60. The number of rotatable bonds is 2. The highest BCUT2D eigenvalue weighted by atomic mass is 16.3. The van der Waals surface area contributed by atoms with Gasteiger partial charge in [-0.25, -0.2) is 0 Å². The molecule has 0 aliphatic rings. The maximum absolute atomic E-state index is 5.60. The molecule has 0 N–H and O–H groups in total. The van der Waals surface area contributed by atoms with Crippen LogP contribution in [0, 0.1) is 0 Å². The number of hydrogen-bond acceptors (Lipinski definition) is 1. The molecule has 1 heterocycles. The third kappa shape index (κ3) is 1.69. The molecule has 0 aliphatic carbocycles. The summed E-state index contributed by atoms with van der Waals surface area (Å²) in [4.78, 5) is 0. The molecule has 0 fully saturated rings. The van der Waals surface area contributed by atoms with Crippen LogP contribution in [0.4, 0.5) is 0 Å². The van der Waals surface area contributed by atoms with Crippen LogP contribution in [-0.2, 0) is 0 Å². The molecule has 15 heavy (non-hydrogen) atoms. The van der Waals surface area contributed by atoms with Crippen molar-refractivity contribution in [2.24, 2.45) is 0 Å². The zero-order valence-electron chi connectivity index (χ0n) is 9.87. The Morgan fingerprint density at radius 1 is 1.07 bits per heavy atom. The molecule has 78 valence electrons. The second-order valence-corrected chi connectivity index (χ2v) is 4.72. The first kappa shape index (κ1) is 10.3. The summed E-state index contributed by atoms with van der Waals surface area (Å²) in [5, 5.41) is 1.27. The summed E-state index contributed by atoms with van der Waals surface area (Å²) >= 11 is 0. The van der Waals surface area contributed by atoms with Crippen molar-refractivity contribution in [1.82, 2.24) is 0 Å². The Labute approximate surface area is 91.9 Å². The zero-order valence-corrected chi connectivity index (χ0v) is 9.87. The summed E-state index contributed by atoms with van der Waals surface area (Å²) in [5.74, 6) is 1.06. The van der Waals surface area contributed by atoms with Crippen LogP contribution in [0.25, 0.3) is 11.0 Å². The monoisotopic (exact) mass is 200 g/mol. The van der Waals surface area contributed by atoms with E-state index in [1.54, 1.807) is 6.26 Å². The van der Waals surface area contributed by atoms with E-state index in [9.17, 15) is 0 Å². The fourth-order valence-electron chi connectivity index (χ4n) is 2.06. The molecule has 1 nitrogen and oxygen atoms in total. The van der Waals surface area contributed by atoms with E-state index in [2.05, 4.69) is 46.8 Å². The first-order chi connectivity index (χ1) is 7.11. The summed E-state index contributed by atoms with van der Waals surface area (Å²) in [7, 11) is 2.22. The summed E-state index contributed by atoms with van der Waals surface area (Å²) in [6.45, 7) is 6.62. The van der Waals surface area contributed by atoms with Gasteiger partial charge in [0, 0.05) is 5.39 Å². The first-order valence-corrected chi connectivity index (χ1v) is 5.61. The van der Waals surface area contributed by atoms with Gasteiger partial charge < -0.3 is 4.42 Å². The summed E-state index contributed by atoms with van der Waals surface area (Å²) in [6.07, 6.45) is 1.79. The van der Waals surface area contributed by atoms with E-state index in [1.165, 1.54) is 16.5 Å². The van der Waals surface area contributed by atoms with E-state index in [0.717, 1.165) is 5.58 Å². The van der Waals surface area contributed by atoms with Crippen molar-refractivity contribution < 1.29 is 4.42 Å². The highest BCUT2D eigenvalue weighted by molar-refractivity contribution is 6.13. The van der Waals surface area contributed by atoms with Gasteiger partial charge in [0.25, 0.3) is 0 Å². The minimum atomic E-state index is 0.514. The lowest BCUT2D eigenvalue weighted by molar-refractivity contribution is 0.607. The maximum atomic E-state index is 5.60. The Morgan fingerprint density at radius 3 is 2.33 bits per heavy atom. The lowest BCUT2D eigenvalue weighted by atomic mass is 9.80. The average molecular weight is 200 g/mol. The van der Waals surface area contributed by atoms with E-state index in [-0.39, 0.29) is 0 Å². The van der Waals surface area contributed by atoms with Crippen molar-refractivity contribution in [3.05, 3.63) is 35.6 Å². The predicted octanol–water partition coefficient (Wildman–Crippen LogP) is 3.25. The molecule has 0 amide bonds. The quantitative estimate of drug-likeness (QED) is 0.678. The minimum absolute atomic E-state index is 0.514. The molecule has 1 aromatic heterocycles. The van der Waals surface area contributed by atoms with Gasteiger partial charge in [0.1, 0.15) is 13.4 Å². The molecular formula is C13H17BO. The van der Waals surface area contributed by atoms with Crippen LogP contribution in [0.3, 0.4) is 0 Å². The second-order valence-electron chi connectivity index (χ2n) is 4.72. The normalized spacial score (nSPS) is 13.6. The molecule has 0 saturated heterocycles. The fraction of sp³-hybridized carbons (Fsp3) is 0.385. The smallest absolute Gasteiger partial charge is 0.137 e. The van der Waals surface area contributed by atoms with E-state index < -0.39 is 0 Å². The number of fused-ring (bicyclic) bond motifs is 1. The van der Waals surface area contributed by atoms with Crippen molar-refractivity contribution in [1.29, 1.82) is 0 Å². The molecule has 2 aromatic rings. The van der Waals surface area contributed by atoms with Gasteiger partial charge in [0.05, 0.1) is 6.26 Å². The zero-order chi connectivity index (χ0) is 11.0. The van der Waals surface area contributed by atoms with Gasteiger partial charge in [0.15, 0.2) is 0 Å². The van der Waals surface area contributed by atoms with E-state index in [0.29, 0.717) is 11.7 Å². The van der Waals surface area contributed by atoms with Crippen molar-refractivity contribution >= 4 is 18.8 Å². The number of furan rings is 1. The molecular weight excluding hydrogens is 183 g/mol. The Bertz CT molecular complexity index is 426. The van der Waals surface area contributed by atoms with Crippen LogP contribution >= 0.6 is 0 Å². The van der Waals surface area contributed by atoms with Gasteiger partial charge >= 0.3 is 0 Å². The van der Waals surface area contributed by atoms with Gasteiger partial charge in [-0.1, -0.05) is 32.9 Å². The van der Waals surface area contributed by atoms with Crippen LogP contribution in [-0.4, -0.2) is 7.85 Å².